The summed E-state index contributed by atoms with van der Waals surface area (Å²) in [5.41, 5.74) is 5.41. The molecule has 0 bridgehead atoms. The zero-order valence-corrected chi connectivity index (χ0v) is 5.39. The number of aliphatic hydroxyl groups excluding tert-OH is 1. The molecule has 0 fully saturated rings. The van der Waals surface area contributed by atoms with Crippen molar-refractivity contribution in [3.8, 4) is 0 Å². The molecule has 0 amide bonds. The van der Waals surface area contributed by atoms with Crippen LogP contribution in [0.15, 0.2) is 0 Å². The molecule has 2 atom stereocenters. The molecular weight excluding hydrogens is 104 g/mol. The number of rotatable bonds is 3. The summed E-state index contributed by atoms with van der Waals surface area (Å²) in [6.07, 6.45) is -0.414. The largest absolute Gasteiger partial charge is 0.392 e. The number of likely N-dealkylation sites (N-methyl/N-ethyl adjacent to an activating group) is 1. The predicted octanol–water partition coefficient (Wildman–Crippen LogP) is -1.09. The van der Waals surface area contributed by atoms with Gasteiger partial charge in [-0.25, -0.2) is 0 Å². The second-order valence-corrected chi connectivity index (χ2v) is 1.96. The smallest absolute Gasteiger partial charge is 0.0675 e. The van der Waals surface area contributed by atoms with Gasteiger partial charge >= 0.3 is 0 Å². The van der Waals surface area contributed by atoms with E-state index in [1.807, 2.05) is 7.05 Å². The van der Waals surface area contributed by atoms with Gasteiger partial charge in [0.15, 0.2) is 0 Å². The van der Waals surface area contributed by atoms with E-state index in [9.17, 15) is 0 Å². The Balaban J connectivity index is 3.17. The topological polar surface area (TPSA) is 58.3 Å². The molecule has 3 heteroatoms. The zero-order chi connectivity index (χ0) is 6.57. The van der Waals surface area contributed by atoms with E-state index in [4.69, 9.17) is 10.8 Å². The molecule has 0 heterocycles. The van der Waals surface area contributed by atoms with Crippen LogP contribution in [0.2, 0.25) is 0 Å². The summed E-state index contributed by atoms with van der Waals surface area (Å²) >= 11 is 0. The molecule has 0 saturated carbocycles. The maximum Gasteiger partial charge on any atom is 0.0675 e. The van der Waals surface area contributed by atoms with E-state index in [1.54, 1.807) is 6.92 Å². The van der Waals surface area contributed by atoms with Crippen LogP contribution in [-0.2, 0) is 0 Å². The highest BCUT2D eigenvalue weighted by Gasteiger charge is 2.05. The van der Waals surface area contributed by atoms with Crippen LogP contribution in [0, 0.1) is 0 Å². The summed E-state index contributed by atoms with van der Waals surface area (Å²) in [5.74, 6) is 0. The summed E-state index contributed by atoms with van der Waals surface area (Å²) in [5, 5.41) is 11.7. The molecule has 0 rings (SSSR count). The van der Waals surface area contributed by atoms with Crippen molar-refractivity contribution in [1.29, 1.82) is 0 Å². The summed E-state index contributed by atoms with van der Waals surface area (Å²) < 4.78 is 0. The van der Waals surface area contributed by atoms with Crippen LogP contribution in [0.1, 0.15) is 6.92 Å². The van der Waals surface area contributed by atoms with Gasteiger partial charge in [0.25, 0.3) is 0 Å². The molecule has 0 spiro atoms. The van der Waals surface area contributed by atoms with Crippen LogP contribution in [0.25, 0.3) is 0 Å². The number of nitrogens with two attached hydrogens (primary N) is 1. The lowest BCUT2D eigenvalue weighted by Crippen LogP contribution is -2.40. The summed E-state index contributed by atoms with van der Waals surface area (Å²) in [4.78, 5) is 0. The monoisotopic (exact) mass is 118 g/mol. The van der Waals surface area contributed by atoms with E-state index in [0.29, 0.717) is 6.54 Å². The second-order valence-electron chi connectivity index (χ2n) is 1.96. The van der Waals surface area contributed by atoms with Crippen molar-refractivity contribution in [1.82, 2.24) is 5.32 Å². The van der Waals surface area contributed by atoms with Gasteiger partial charge in [-0.15, -0.1) is 0 Å². The zero-order valence-electron chi connectivity index (χ0n) is 5.39. The van der Waals surface area contributed by atoms with Gasteiger partial charge in [-0.3, -0.25) is 0 Å². The van der Waals surface area contributed by atoms with Gasteiger partial charge in [-0.05, 0) is 14.0 Å². The summed E-state index contributed by atoms with van der Waals surface area (Å²) in [6.45, 7) is 2.35. The highest BCUT2D eigenvalue weighted by Crippen LogP contribution is 1.83. The van der Waals surface area contributed by atoms with Gasteiger partial charge in [0.1, 0.15) is 0 Å². The highest BCUT2D eigenvalue weighted by molar-refractivity contribution is 4.68. The van der Waals surface area contributed by atoms with E-state index in [2.05, 4.69) is 5.32 Å². The Hall–Kier alpha value is -0.120. The predicted molar refractivity (Wildman–Crippen MR) is 33.6 cm³/mol. The molecule has 4 N–H and O–H groups in total. The molecule has 0 aromatic carbocycles. The average Bonchev–Trinajstić information content (AvgIpc) is 1.67. The SMILES string of the molecule is CNC[C@@H](N)[C@@H](C)O. The van der Waals surface area contributed by atoms with E-state index >= 15 is 0 Å². The average molecular weight is 118 g/mol. The number of hydrogen-bond acceptors (Lipinski definition) is 3. The minimum atomic E-state index is -0.414. The number of aliphatic hydroxyl groups is 1. The fourth-order valence-electron chi connectivity index (χ4n) is 0.406. The van der Waals surface area contributed by atoms with Crippen molar-refractivity contribution in [2.24, 2.45) is 5.73 Å². The van der Waals surface area contributed by atoms with Gasteiger partial charge in [0.2, 0.25) is 0 Å². The molecule has 0 aliphatic heterocycles. The Morgan fingerprint density at radius 2 is 2.25 bits per heavy atom. The van der Waals surface area contributed by atoms with E-state index in [-0.39, 0.29) is 6.04 Å². The van der Waals surface area contributed by atoms with Crippen molar-refractivity contribution in [2.75, 3.05) is 13.6 Å². The van der Waals surface area contributed by atoms with Gasteiger partial charge in [-0.1, -0.05) is 0 Å². The third-order valence-electron chi connectivity index (χ3n) is 1.06. The Morgan fingerprint density at radius 1 is 1.75 bits per heavy atom. The van der Waals surface area contributed by atoms with Crippen molar-refractivity contribution >= 4 is 0 Å². The van der Waals surface area contributed by atoms with E-state index in [0.717, 1.165) is 0 Å². The van der Waals surface area contributed by atoms with Crippen LogP contribution in [0.3, 0.4) is 0 Å². The Morgan fingerprint density at radius 3 is 2.38 bits per heavy atom. The first-order chi connectivity index (χ1) is 3.68. The second kappa shape index (κ2) is 3.83. The fraction of sp³-hybridized carbons (Fsp3) is 1.00. The van der Waals surface area contributed by atoms with Crippen molar-refractivity contribution in [3.63, 3.8) is 0 Å². The first-order valence-corrected chi connectivity index (χ1v) is 2.76. The van der Waals surface area contributed by atoms with Crippen molar-refractivity contribution < 1.29 is 5.11 Å². The Bertz CT molecular complexity index is 56.4. The number of nitrogens with one attached hydrogen (secondary N) is 1. The first-order valence-electron chi connectivity index (χ1n) is 2.76. The molecule has 0 aromatic rings. The van der Waals surface area contributed by atoms with Crippen molar-refractivity contribution in [3.05, 3.63) is 0 Å². The molecule has 50 valence electrons. The van der Waals surface area contributed by atoms with Crippen LogP contribution >= 0.6 is 0 Å². The number of hydrogen-bond donors (Lipinski definition) is 3. The van der Waals surface area contributed by atoms with Crippen LogP contribution in [0.4, 0.5) is 0 Å². The molecule has 0 radical (unpaired) electrons. The fourth-order valence-corrected chi connectivity index (χ4v) is 0.406. The van der Waals surface area contributed by atoms with Gasteiger partial charge < -0.3 is 16.2 Å². The molecule has 3 nitrogen and oxygen atoms in total. The van der Waals surface area contributed by atoms with E-state index < -0.39 is 6.10 Å². The standard InChI is InChI=1S/C5H14N2O/c1-4(8)5(6)3-7-2/h4-5,7-8H,3,6H2,1-2H3/t4-,5-/m1/s1. The lowest BCUT2D eigenvalue weighted by atomic mass is 10.2. The molecule has 0 unspecified atom stereocenters. The summed E-state index contributed by atoms with van der Waals surface area (Å²) in [7, 11) is 1.81. The Kier molecular flexibility index (Phi) is 3.77. The normalized spacial score (nSPS) is 18.0. The van der Waals surface area contributed by atoms with Gasteiger partial charge in [0, 0.05) is 12.6 Å². The maximum atomic E-state index is 8.79. The van der Waals surface area contributed by atoms with Gasteiger partial charge in [-0.2, -0.15) is 0 Å². The lowest BCUT2D eigenvalue weighted by molar-refractivity contribution is 0.163. The maximum absolute atomic E-state index is 8.79. The van der Waals surface area contributed by atoms with Crippen LogP contribution in [0.5, 0.6) is 0 Å². The van der Waals surface area contributed by atoms with Crippen molar-refractivity contribution in [2.45, 2.75) is 19.1 Å². The van der Waals surface area contributed by atoms with Gasteiger partial charge in [0.05, 0.1) is 6.10 Å². The third kappa shape index (κ3) is 2.96. The third-order valence-corrected chi connectivity index (χ3v) is 1.06. The quantitative estimate of drug-likeness (QED) is 0.441. The molecular formula is C5H14N2O. The molecule has 8 heavy (non-hydrogen) atoms. The molecule has 0 aliphatic rings. The minimum Gasteiger partial charge on any atom is -0.392 e. The van der Waals surface area contributed by atoms with Crippen LogP contribution in [-0.4, -0.2) is 30.8 Å². The van der Waals surface area contributed by atoms with E-state index in [1.165, 1.54) is 0 Å². The Labute approximate surface area is 49.9 Å². The van der Waals surface area contributed by atoms with Crippen LogP contribution < -0.4 is 11.1 Å². The highest BCUT2D eigenvalue weighted by atomic mass is 16.3. The summed E-state index contributed by atoms with van der Waals surface area (Å²) in [6, 6.07) is -0.139. The molecule has 0 saturated heterocycles. The molecule has 0 aliphatic carbocycles. The first kappa shape index (κ1) is 7.88. The minimum absolute atomic E-state index is 0.139. The lowest BCUT2D eigenvalue weighted by Gasteiger charge is -2.12. The molecule has 0 aromatic heterocycles.